The fraction of sp³-hybridized carbons (Fsp3) is 0.333. The maximum Gasteiger partial charge on any atom is 0.230 e. The van der Waals surface area contributed by atoms with E-state index < -0.39 is 0 Å². The van der Waals surface area contributed by atoms with E-state index in [4.69, 9.17) is 0 Å². The number of hydrogen-bond acceptors (Lipinski definition) is 3. The zero-order chi connectivity index (χ0) is 15.3. The molecule has 1 aliphatic rings. The highest BCUT2D eigenvalue weighted by Crippen LogP contribution is 2.43. The van der Waals surface area contributed by atoms with Crippen LogP contribution in [0.15, 0.2) is 54.7 Å². The zero-order valence-electron chi connectivity index (χ0n) is 12.6. The lowest BCUT2D eigenvalue weighted by atomic mass is 9.64. The molecular formula is C18H21N3O. The van der Waals surface area contributed by atoms with E-state index in [2.05, 4.69) is 27.8 Å². The minimum absolute atomic E-state index is 0.146. The van der Waals surface area contributed by atoms with Gasteiger partial charge in [0.05, 0.1) is 5.41 Å². The second kappa shape index (κ2) is 6.60. The minimum Gasteiger partial charge on any atom is -0.368 e. The summed E-state index contributed by atoms with van der Waals surface area (Å²) in [5.74, 6) is 0.978. The molecule has 0 aliphatic heterocycles. The number of anilines is 1. The lowest BCUT2D eigenvalue weighted by Crippen LogP contribution is -2.50. The lowest BCUT2D eigenvalue weighted by Gasteiger charge is -2.40. The predicted octanol–water partition coefficient (Wildman–Crippen LogP) is 2.73. The quantitative estimate of drug-likeness (QED) is 0.806. The molecule has 1 aliphatic carbocycles. The molecule has 0 unspecified atom stereocenters. The first-order chi connectivity index (χ1) is 10.8. The molecule has 4 nitrogen and oxygen atoms in total. The standard InChI is InChI=1S/C18H21N3O/c22-17(21-14-13-20-16-9-4-5-12-19-16)18(10-6-11-18)15-7-2-1-3-8-15/h1-5,7-9,12H,6,10-11,13-14H2,(H,19,20)(H,21,22). The van der Waals surface area contributed by atoms with Gasteiger partial charge in [-0.1, -0.05) is 42.8 Å². The number of amides is 1. The fourth-order valence-electron chi connectivity index (χ4n) is 2.94. The van der Waals surface area contributed by atoms with Crippen LogP contribution in [-0.4, -0.2) is 24.0 Å². The first-order valence-electron chi connectivity index (χ1n) is 7.80. The highest BCUT2D eigenvalue weighted by molar-refractivity contribution is 5.89. The second-order valence-corrected chi connectivity index (χ2v) is 5.70. The average molecular weight is 295 g/mol. The SMILES string of the molecule is O=C(NCCNc1ccccn1)C1(c2ccccc2)CCC1. The Bertz CT molecular complexity index is 609. The molecule has 1 fully saturated rings. The highest BCUT2D eigenvalue weighted by atomic mass is 16.2. The van der Waals surface area contributed by atoms with Gasteiger partial charge < -0.3 is 10.6 Å². The number of benzene rings is 1. The number of rotatable bonds is 6. The van der Waals surface area contributed by atoms with E-state index in [0.29, 0.717) is 13.1 Å². The van der Waals surface area contributed by atoms with Gasteiger partial charge in [-0.05, 0) is 30.5 Å². The monoisotopic (exact) mass is 295 g/mol. The first kappa shape index (κ1) is 14.6. The zero-order valence-corrected chi connectivity index (χ0v) is 12.6. The molecule has 1 saturated carbocycles. The van der Waals surface area contributed by atoms with Crippen LogP contribution in [0.1, 0.15) is 24.8 Å². The normalized spacial score (nSPS) is 15.6. The summed E-state index contributed by atoms with van der Waals surface area (Å²) in [5.41, 5.74) is 0.822. The number of pyridine rings is 1. The molecule has 3 rings (SSSR count). The molecule has 0 saturated heterocycles. The summed E-state index contributed by atoms with van der Waals surface area (Å²) in [6.45, 7) is 1.28. The van der Waals surface area contributed by atoms with Crippen LogP contribution in [0.25, 0.3) is 0 Å². The molecule has 0 atom stereocenters. The summed E-state index contributed by atoms with van der Waals surface area (Å²) in [6, 6.07) is 15.9. The van der Waals surface area contributed by atoms with Crippen LogP contribution in [0.3, 0.4) is 0 Å². The van der Waals surface area contributed by atoms with Gasteiger partial charge >= 0.3 is 0 Å². The van der Waals surface area contributed by atoms with Gasteiger partial charge in [0.15, 0.2) is 0 Å². The number of carbonyl (C=O) groups excluding carboxylic acids is 1. The van der Waals surface area contributed by atoms with Crippen molar-refractivity contribution in [2.45, 2.75) is 24.7 Å². The Morgan fingerprint density at radius 3 is 2.45 bits per heavy atom. The summed E-state index contributed by atoms with van der Waals surface area (Å²) in [4.78, 5) is 16.8. The van der Waals surface area contributed by atoms with Crippen molar-refractivity contribution >= 4 is 11.7 Å². The third-order valence-electron chi connectivity index (χ3n) is 4.35. The Balaban J connectivity index is 1.53. The number of hydrogen-bond donors (Lipinski definition) is 2. The molecule has 2 N–H and O–H groups in total. The molecule has 0 spiro atoms. The van der Waals surface area contributed by atoms with Crippen LogP contribution in [0, 0.1) is 0 Å². The highest BCUT2D eigenvalue weighted by Gasteiger charge is 2.45. The average Bonchev–Trinajstić information content (AvgIpc) is 2.53. The fourth-order valence-corrected chi connectivity index (χ4v) is 2.94. The molecule has 1 heterocycles. The predicted molar refractivity (Wildman–Crippen MR) is 87.7 cm³/mol. The number of nitrogens with zero attached hydrogens (tertiary/aromatic N) is 1. The van der Waals surface area contributed by atoms with Crippen molar-refractivity contribution in [3.63, 3.8) is 0 Å². The Hall–Kier alpha value is -2.36. The largest absolute Gasteiger partial charge is 0.368 e. The van der Waals surface area contributed by atoms with Gasteiger partial charge in [-0.2, -0.15) is 0 Å². The molecule has 1 aromatic heterocycles. The first-order valence-corrected chi connectivity index (χ1v) is 7.80. The van der Waals surface area contributed by atoms with Crippen molar-refractivity contribution in [3.05, 3.63) is 60.3 Å². The van der Waals surface area contributed by atoms with E-state index >= 15 is 0 Å². The van der Waals surface area contributed by atoms with Crippen LogP contribution >= 0.6 is 0 Å². The van der Waals surface area contributed by atoms with Gasteiger partial charge in [-0.25, -0.2) is 4.98 Å². The molecule has 1 aromatic carbocycles. The van der Waals surface area contributed by atoms with Crippen LogP contribution in [-0.2, 0) is 10.2 Å². The Kier molecular flexibility index (Phi) is 4.37. The molecule has 4 heteroatoms. The summed E-state index contributed by atoms with van der Waals surface area (Å²) < 4.78 is 0. The van der Waals surface area contributed by atoms with Crippen molar-refractivity contribution in [1.29, 1.82) is 0 Å². The summed E-state index contributed by atoms with van der Waals surface area (Å²) in [6.07, 6.45) is 4.75. The van der Waals surface area contributed by atoms with Gasteiger partial charge in [-0.3, -0.25) is 4.79 Å². The maximum absolute atomic E-state index is 12.6. The lowest BCUT2D eigenvalue weighted by molar-refractivity contribution is -0.129. The van der Waals surface area contributed by atoms with E-state index in [1.54, 1.807) is 6.20 Å². The molecule has 1 amide bonds. The third-order valence-corrected chi connectivity index (χ3v) is 4.35. The van der Waals surface area contributed by atoms with Gasteiger partial charge in [0.25, 0.3) is 0 Å². The van der Waals surface area contributed by atoms with E-state index in [9.17, 15) is 4.79 Å². The topological polar surface area (TPSA) is 54.0 Å². The number of carbonyl (C=O) groups is 1. The van der Waals surface area contributed by atoms with Crippen LogP contribution < -0.4 is 10.6 Å². The smallest absolute Gasteiger partial charge is 0.230 e. The third kappa shape index (κ3) is 2.96. The van der Waals surface area contributed by atoms with E-state index in [0.717, 1.165) is 30.6 Å². The summed E-state index contributed by atoms with van der Waals surface area (Å²) in [5, 5.41) is 6.27. The molecule has 22 heavy (non-hydrogen) atoms. The molecular weight excluding hydrogens is 274 g/mol. The van der Waals surface area contributed by atoms with Crippen molar-refractivity contribution in [2.24, 2.45) is 0 Å². The van der Waals surface area contributed by atoms with Gasteiger partial charge in [0, 0.05) is 19.3 Å². The van der Waals surface area contributed by atoms with Crippen molar-refractivity contribution in [3.8, 4) is 0 Å². The Morgan fingerprint density at radius 2 is 1.82 bits per heavy atom. The van der Waals surface area contributed by atoms with Crippen LogP contribution in [0.2, 0.25) is 0 Å². The second-order valence-electron chi connectivity index (χ2n) is 5.70. The van der Waals surface area contributed by atoms with Gasteiger partial charge in [0.2, 0.25) is 5.91 Å². The Morgan fingerprint density at radius 1 is 1.05 bits per heavy atom. The van der Waals surface area contributed by atoms with Gasteiger partial charge in [-0.15, -0.1) is 0 Å². The summed E-state index contributed by atoms with van der Waals surface area (Å²) in [7, 11) is 0. The Labute approximate surface area is 131 Å². The van der Waals surface area contributed by atoms with Crippen molar-refractivity contribution in [2.75, 3.05) is 18.4 Å². The molecule has 114 valence electrons. The summed E-state index contributed by atoms with van der Waals surface area (Å²) >= 11 is 0. The van der Waals surface area contributed by atoms with Crippen LogP contribution in [0.4, 0.5) is 5.82 Å². The van der Waals surface area contributed by atoms with E-state index in [1.807, 2.05) is 36.4 Å². The van der Waals surface area contributed by atoms with Crippen molar-refractivity contribution in [1.82, 2.24) is 10.3 Å². The molecule has 0 bridgehead atoms. The number of aromatic nitrogens is 1. The van der Waals surface area contributed by atoms with Crippen molar-refractivity contribution < 1.29 is 4.79 Å². The minimum atomic E-state index is -0.313. The number of nitrogens with one attached hydrogen (secondary N) is 2. The van der Waals surface area contributed by atoms with Gasteiger partial charge in [0.1, 0.15) is 5.82 Å². The van der Waals surface area contributed by atoms with E-state index in [-0.39, 0.29) is 11.3 Å². The molecule has 2 aromatic rings. The maximum atomic E-state index is 12.6. The van der Waals surface area contributed by atoms with Crippen LogP contribution in [0.5, 0.6) is 0 Å². The van der Waals surface area contributed by atoms with E-state index in [1.165, 1.54) is 0 Å². The molecule has 0 radical (unpaired) electrons.